The third-order valence-corrected chi connectivity index (χ3v) is 5.14. The van der Waals surface area contributed by atoms with Gasteiger partial charge < -0.3 is 5.73 Å². The lowest BCUT2D eigenvalue weighted by Gasteiger charge is -2.35. The molecule has 0 atom stereocenters. The SMILES string of the molecule is NCC1(Cc2nc3cnccc3s2)CCCCC1. The number of thiazole rings is 1. The zero-order chi connectivity index (χ0) is 12.4. The molecule has 0 amide bonds. The smallest absolute Gasteiger partial charge is 0.0998 e. The molecule has 96 valence electrons. The summed E-state index contributed by atoms with van der Waals surface area (Å²) in [6.45, 7) is 0.793. The summed E-state index contributed by atoms with van der Waals surface area (Å²) in [5.74, 6) is 0. The largest absolute Gasteiger partial charge is 0.330 e. The van der Waals surface area contributed by atoms with Gasteiger partial charge in [-0.2, -0.15) is 0 Å². The van der Waals surface area contributed by atoms with Crippen LogP contribution < -0.4 is 5.73 Å². The Morgan fingerprint density at radius 3 is 2.83 bits per heavy atom. The molecular weight excluding hydrogens is 242 g/mol. The Balaban J connectivity index is 1.85. The molecule has 2 aromatic rings. The maximum atomic E-state index is 6.04. The minimum atomic E-state index is 0.305. The number of rotatable bonds is 3. The first kappa shape index (κ1) is 12.1. The van der Waals surface area contributed by atoms with Gasteiger partial charge in [-0.3, -0.25) is 4.98 Å². The van der Waals surface area contributed by atoms with E-state index in [1.807, 2.05) is 18.5 Å². The van der Waals surface area contributed by atoms with Gasteiger partial charge in [-0.05, 0) is 30.9 Å². The molecule has 0 aromatic carbocycles. The van der Waals surface area contributed by atoms with Crippen molar-refractivity contribution < 1.29 is 0 Å². The standard InChI is InChI=1S/C14H19N3S/c15-10-14(5-2-1-3-6-14)8-13-17-11-9-16-7-4-12(11)18-13/h4,7,9H,1-3,5-6,8,10,15H2. The van der Waals surface area contributed by atoms with Crippen LogP contribution in [-0.2, 0) is 6.42 Å². The van der Waals surface area contributed by atoms with Crippen LogP contribution in [0, 0.1) is 5.41 Å². The molecule has 1 aliphatic carbocycles. The molecule has 1 saturated carbocycles. The predicted octanol–water partition coefficient (Wildman–Crippen LogP) is 3.14. The molecule has 0 saturated heterocycles. The second-order valence-corrected chi connectivity index (χ2v) is 6.51. The van der Waals surface area contributed by atoms with E-state index in [-0.39, 0.29) is 0 Å². The average Bonchev–Trinajstić information content (AvgIpc) is 2.81. The van der Waals surface area contributed by atoms with Gasteiger partial charge in [-0.25, -0.2) is 4.98 Å². The summed E-state index contributed by atoms with van der Waals surface area (Å²) in [5, 5.41) is 1.23. The van der Waals surface area contributed by atoms with E-state index in [0.29, 0.717) is 5.41 Å². The van der Waals surface area contributed by atoms with Crippen molar-refractivity contribution in [1.29, 1.82) is 0 Å². The number of hydrogen-bond acceptors (Lipinski definition) is 4. The summed E-state index contributed by atoms with van der Waals surface area (Å²) >= 11 is 1.80. The van der Waals surface area contributed by atoms with Crippen LogP contribution in [0.25, 0.3) is 10.2 Å². The van der Waals surface area contributed by atoms with E-state index < -0.39 is 0 Å². The summed E-state index contributed by atoms with van der Waals surface area (Å²) in [6.07, 6.45) is 11.3. The highest BCUT2D eigenvalue weighted by atomic mass is 32.1. The summed E-state index contributed by atoms with van der Waals surface area (Å²) in [5.41, 5.74) is 7.38. The average molecular weight is 261 g/mol. The van der Waals surface area contributed by atoms with Gasteiger partial charge in [0.25, 0.3) is 0 Å². The fourth-order valence-electron chi connectivity index (χ4n) is 2.98. The van der Waals surface area contributed by atoms with E-state index in [0.717, 1.165) is 18.5 Å². The lowest BCUT2D eigenvalue weighted by atomic mass is 9.72. The number of fused-ring (bicyclic) bond motifs is 1. The first-order valence-corrected chi connectivity index (χ1v) is 7.53. The van der Waals surface area contributed by atoms with Crippen molar-refractivity contribution in [1.82, 2.24) is 9.97 Å². The molecule has 1 aliphatic rings. The summed E-state index contributed by atoms with van der Waals surface area (Å²) in [7, 11) is 0. The van der Waals surface area contributed by atoms with E-state index in [4.69, 9.17) is 10.7 Å². The van der Waals surface area contributed by atoms with Crippen LogP contribution in [0.4, 0.5) is 0 Å². The van der Waals surface area contributed by atoms with Crippen LogP contribution in [0.1, 0.15) is 37.1 Å². The normalized spacial score (nSPS) is 19.2. The van der Waals surface area contributed by atoms with E-state index in [1.54, 1.807) is 11.3 Å². The van der Waals surface area contributed by atoms with Crippen LogP contribution in [0.5, 0.6) is 0 Å². The molecule has 0 radical (unpaired) electrons. The van der Waals surface area contributed by atoms with Gasteiger partial charge >= 0.3 is 0 Å². The zero-order valence-corrected chi connectivity index (χ0v) is 11.4. The molecule has 3 rings (SSSR count). The lowest BCUT2D eigenvalue weighted by molar-refractivity contribution is 0.197. The highest BCUT2D eigenvalue weighted by Gasteiger charge is 2.31. The number of nitrogens with two attached hydrogens (primary N) is 1. The molecule has 0 aliphatic heterocycles. The number of pyridine rings is 1. The van der Waals surface area contributed by atoms with Crippen LogP contribution in [0.15, 0.2) is 18.5 Å². The summed E-state index contributed by atoms with van der Waals surface area (Å²) < 4.78 is 1.24. The van der Waals surface area contributed by atoms with Gasteiger partial charge in [0.1, 0.15) is 0 Å². The Labute approximate surface area is 111 Å². The molecule has 0 bridgehead atoms. The van der Waals surface area contributed by atoms with E-state index in [9.17, 15) is 0 Å². The van der Waals surface area contributed by atoms with Crippen molar-refractivity contribution in [2.45, 2.75) is 38.5 Å². The van der Waals surface area contributed by atoms with Gasteiger partial charge in [-0.15, -0.1) is 11.3 Å². The zero-order valence-electron chi connectivity index (χ0n) is 10.6. The highest BCUT2D eigenvalue weighted by molar-refractivity contribution is 7.18. The predicted molar refractivity (Wildman–Crippen MR) is 75.7 cm³/mol. The third-order valence-electron chi connectivity index (χ3n) is 4.11. The van der Waals surface area contributed by atoms with Crippen LogP contribution in [0.3, 0.4) is 0 Å². The maximum Gasteiger partial charge on any atom is 0.0998 e. The molecule has 18 heavy (non-hydrogen) atoms. The van der Waals surface area contributed by atoms with Gasteiger partial charge in [0.15, 0.2) is 0 Å². The number of aromatic nitrogens is 2. The molecule has 2 aromatic heterocycles. The number of hydrogen-bond donors (Lipinski definition) is 1. The topological polar surface area (TPSA) is 51.8 Å². The molecule has 4 heteroatoms. The quantitative estimate of drug-likeness (QED) is 0.923. The van der Waals surface area contributed by atoms with Gasteiger partial charge in [-0.1, -0.05) is 19.3 Å². The molecular formula is C14H19N3S. The van der Waals surface area contributed by atoms with Crippen LogP contribution in [-0.4, -0.2) is 16.5 Å². The minimum Gasteiger partial charge on any atom is -0.330 e. The molecule has 1 fully saturated rings. The monoisotopic (exact) mass is 261 g/mol. The lowest BCUT2D eigenvalue weighted by Crippen LogP contribution is -2.34. The third kappa shape index (κ3) is 2.27. The van der Waals surface area contributed by atoms with Gasteiger partial charge in [0.2, 0.25) is 0 Å². The first-order valence-electron chi connectivity index (χ1n) is 6.71. The second kappa shape index (κ2) is 4.94. The minimum absolute atomic E-state index is 0.305. The number of nitrogens with zero attached hydrogens (tertiary/aromatic N) is 2. The van der Waals surface area contributed by atoms with Crippen molar-refractivity contribution in [3.63, 3.8) is 0 Å². The van der Waals surface area contributed by atoms with Crippen LogP contribution >= 0.6 is 11.3 Å². The van der Waals surface area contributed by atoms with Gasteiger partial charge in [0, 0.05) is 12.6 Å². The Hall–Kier alpha value is -1.00. The Morgan fingerprint density at radius 1 is 1.28 bits per heavy atom. The molecule has 2 N–H and O–H groups in total. The molecule has 2 heterocycles. The van der Waals surface area contributed by atoms with Crippen molar-refractivity contribution in [2.75, 3.05) is 6.54 Å². The molecule has 3 nitrogen and oxygen atoms in total. The van der Waals surface area contributed by atoms with Gasteiger partial charge in [0.05, 0.1) is 21.4 Å². The summed E-state index contributed by atoms with van der Waals surface area (Å²) in [4.78, 5) is 8.83. The second-order valence-electron chi connectivity index (χ2n) is 5.39. The van der Waals surface area contributed by atoms with E-state index in [2.05, 4.69) is 4.98 Å². The summed E-state index contributed by atoms with van der Waals surface area (Å²) in [6, 6.07) is 2.05. The Bertz CT molecular complexity index is 496. The maximum absolute atomic E-state index is 6.04. The van der Waals surface area contributed by atoms with Crippen molar-refractivity contribution in [3.8, 4) is 0 Å². The van der Waals surface area contributed by atoms with E-state index in [1.165, 1.54) is 41.8 Å². The fraction of sp³-hybridized carbons (Fsp3) is 0.571. The van der Waals surface area contributed by atoms with Crippen LogP contribution in [0.2, 0.25) is 0 Å². The highest BCUT2D eigenvalue weighted by Crippen LogP contribution is 2.39. The van der Waals surface area contributed by atoms with Crippen molar-refractivity contribution in [3.05, 3.63) is 23.5 Å². The molecule has 0 spiro atoms. The van der Waals surface area contributed by atoms with Crippen molar-refractivity contribution in [2.24, 2.45) is 11.1 Å². The fourth-order valence-corrected chi connectivity index (χ4v) is 4.09. The Morgan fingerprint density at radius 2 is 2.11 bits per heavy atom. The molecule has 0 unspecified atom stereocenters. The van der Waals surface area contributed by atoms with E-state index >= 15 is 0 Å². The first-order chi connectivity index (χ1) is 8.81. The Kier molecular flexibility index (Phi) is 3.31. The van der Waals surface area contributed by atoms with Crippen molar-refractivity contribution >= 4 is 21.6 Å².